The molecule has 0 radical (unpaired) electrons. The van der Waals surface area contributed by atoms with Crippen molar-refractivity contribution in [3.05, 3.63) is 27.0 Å². The van der Waals surface area contributed by atoms with Gasteiger partial charge in [0.05, 0.1) is 9.40 Å². The highest BCUT2D eigenvalue weighted by molar-refractivity contribution is 9.10. The molecule has 1 aliphatic rings. The standard InChI is InChI=1S/C10H13BrN4O2/c11-8-5-13-6-9(15(16)17)10(8)14-3-1-7(12)2-4-14/h5-7H,1-4,12H2. The molecule has 0 amide bonds. The summed E-state index contributed by atoms with van der Waals surface area (Å²) in [5.41, 5.74) is 6.47. The summed E-state index contributed by atoms with van der Waals surface area (Å²) < 4.78 is 0.655. The SMILES string of the molecule is NC1CCN(c2c(Br)cncc2[N+](=O)[O-])CC1. The van der Waals surface area contributed by atoms with Crippen molar-refractivity contribution in [2.24, 2.45) is 5.73 Å². The molecule has 2 N–H and O–H groups in total. The predicted molar refractivity (Wildman–Crippen MR) is 68.0 cm³/mol. The smallest absolute Gasteiger partial charge is 0.311 e. The number of pyridine rings is 1. The molecule has 17 heavy (non-hydrogen) atoms. The first-order valence-corrected chi connectivity index (χ1v) is 6.17. The lowest BCUT2D eigenvalue weighted by Crippen LogP contribution is -2.40. The second kappa shape index (κ2) is 4.97. The van der Waals surface area contributed by atoms with Crippen LogP contribution in [0.5, 0.6) is 0 Å². The summed E-state index contributed by atoms with van der Waals surface area (Å²) in [5, 5.41) is 11.0. The first-order valence-electron chi connectivity index (χ1n) is 5.38. The summed E-state index contributed by atoms with van der Waals surface area (Å²) in [6.07, 6.45) is 4.57. The Hall–Kier alpha value is -1.21. The van der Waals surface area contributed by atoms with Gasteiger partial charge in [-0.3, -0.25) is 15.1 Å². The van der Waals surface area contributed by atoms with Crippen molar-refractivity contribution in [2.45, 2.75) is 18.9 Å². The Bertz CT molecular complexity index is 432. The second-order valence-corrected chi connectivity index (χ2v) is 4.92. The van der Waals surface area contributed by atoms with Gasteiger partial charge in [0, 0.05) is 25.3 Å². The van der Waals surface area contributed by atoms with Gasteiger partial charge in [-0.15, -0.1) is 0 Å². The molecule has 92 valence electrons. The average Bonchev–Trinajstić information content (AvgIpc) is 2.30. The number of piperidine rings is 1. The van der Waals surface area contributed by atoms with Crippen molar-refractivity contribution < 1.29 is 4.92 Å². The third kappa shape index (κ3) is 2.55. The van der Waals surface area contributed by atoms with E-state index in [9.17, 15) is 10.1 Å². The highest BCUT2D eigenvalue weighted by atomic mass is 79.9. The third-order valence-corrected chi connectivity index (χ3v) is 3.49. The van der Waals surface area contributed by atoms with Crippen LogP contribution >= 0.6 is 15.9 Å². The molecular formula is C10H13BrN4O2. The van der Waals surface area contributed by atoms with E-state index in [0.29, 0.717) is 10.2 Å². The molecule has 0 saturated carbocycles. The molecule has 0 spiro atoms. The van der Waals surface area contributed by atoms with Gasteiger partial charge in [-0.2, -0.15) is 0 Å². The van der Waals surface area contributed by atoms with E-state index in [2.05, 4.69) is 20.9 Å². The van der Waals surface area contributed by atoms with Crippen molar-refractivity contribution in [2.75, 3.05) is 18.0 Å². The van der Waals surface area contributed by atoms with Crippen LogP contribution in [0.2, 0.25) is 0 Å². The Morgan fingerprint density at radius 3 is 2.71 bits per heavy atom. The Labute approximate surface area is 107 Å². The molecule has 0 unspecified atom stereocenters. The molecule has 1 aliphatic heterocycles. The highest BCUT2D eigenvalue weighted by Crippen LogP contribution is 2.35. The van der Waals surface area contributed by atoms with Gasteiger partial charge in [0.2, 0.25) is 0 Å². The number of anilines is 1. The van der Waals surface area contributed by atoms with E-state index in [-0.39, 0.29) is 11.7 Å². The molecule has 0 aromatic carbocycles. The zero-order valence-electron chi connectivity index (χ0n) is 9.17. The van der Waals surface area contributed by atoms with E-state index >= 15 is 0 Å². The second-order valence-electron chi connectivity index (χ2n) is 4.07. The zero-order valence-corrected chi connectivity index (χ0v) is 10.8. The lowest BCUT2D eigenvalue weighted by molar-refractivity contribution is -0.384. The van der Waals surface area contributed by atoms with Crippen LogP contribution in [0.4, 0.5) is 11.4 Å². The fraction of sp³-hybridized carbons (Fsp3) is 0.500. The molecule has 1 aromatic heterocycles. The van der Waals surface area contributed by atoms with Crippen LogP contribution in [-0.2, 0) is 0 Å². The largest absolute Gasteiger partial charge is 0.365 e. The van der Waals surface area contributed by atoms with Crippen LogP contribution in [0.25, 0.3) is 0 Å². The van der Waals surface area contributed by atoms with Crippen LogP contribution in [0.15, 0.2) is 16.9 Å². The maximum absolute atomic E-state index is 11.0. The van der Waals surface area contributed by atoms with Crippen molar-refractivity contribution >= 4 is 27.3 Å². The number of nitrogens with two attached hydrogens (primary N) is 1. The number of nitrogens with zero attached hydrogens (tertiary/aromatic N) is 3. The molecule has 1 saturated heterocycles. The maximum Gasteiger partial charge on any atom is 0.311 e. The first kappa shape index (κ1) is 12.3. The van der Waals surface area contributed by atoms with Gasteiger partial charge in [-0.1, -0.05) is 0 Å². The quantitative estimate of drug-likeness (QED) is 0.663. The van der Waals surface area contributed by atoms with Gasteiger partial charge >= 0.3 is 5.69 Å². The molecule has 2 heterocycles. The van der Waals surface area contributed by atoms with E-state index in [1.54, 1.807) is 6.20 Å². The Morgan fingerprint density at radius 1 is 1.47 bits per heavy atom. The molecule has 0 aliphatic carbocycles. The Morgan fingerprint density at radius 2 is 2.12 bits per heavy atom. The molecule has 0 bridgehead atoms. The molecule has 0 atom stereocenters. The Kier molecular flexibility index (Phi) is 3.58. The monoisotopic (exact) mass is 300 g/mol. The minimum absolute atomic E-state index is 0.0369. The Balaban J connectivity index is 2.33. The molecule has 1 aromatic rings. The summed E-state index contributed by atoms with van der Waals surface area (Å²) in [6, 6.07) is 0.200. The minimum Gasteiger partial charge on any atom is -0.365 e. The minimum atomic E-state index is -0.401. The molecule has 6 nitrogen and oxygen atoms in total. The molecule has 2 rings (SSSR count). The van der Waals surface area contributed by atoms with Crippen molar-refractivity contribution in [3.63, 3.8) is 0 Å². The third-order valence-electron chi connectivity index (χ3n) is 2.91. The van der Waals surface area contributed by atoms with E-state index in [4.69, 9.17) is 5.73 Å². The number of aromatic nitrogens is 1. The van der Waals surface area contributed by atoms with E-state index in [1.807, 2.05) is 4.90 Å². The van der Waals surface area contributed by atoms with Crippen LogP contribution in [0.3, 0.4) is 0 Å². The lowest BCUT2D eigenvalue weighted by atomic mass is 10.1. The van der Waals surface area contributed by atoms with Crippen LogP contribution in [-0.4, -0.2) is 29.0 Å². The van der Waals surface area contributed by atoms with Crippen LogP contribution < -0.4 is 10.6 Å². The molecule has 1 fully saturated rings. The average molecular weight is 301 g/mol. The predicted octanol–water partition coefficient (Wildman–Crippen LogP) is 1.68. The topological polar surface area (TPSA) is 85.3 Å². The van der Waals surface area contributed by atoms with Crippen molar-refractivity contribution in [1.82, 2.24) is 4.98 Å². The van der Waals surface area contributed by atoms with Gasteiger partial charge in [0.1, 0.15) is 11.9 Å². The first-order chi connectivity index (χ1) is 8.09. The van der Waals surface area contributed by atoms with Gasteiger partial charge in [-0.25, -0.2) is 0 Å². The van der Waals surface area contributed by atoms with Crippen LogP contribution in [0.1, 0.15) is 12.8 Å². The number of nitro groups is 1. The van der Waals surface area contributed by atoms with Crippen molar-refractivity contribution in [3.8, 4) is 0 Å². The fourth-order valence-electron chi connectivity index (χ4n) is 1.99. The van der Waals surface area contributed by atoms with Gasteiger partial charge in [0.15, 0.2) is 0 Å². The zero-order chi connectivity index (χ0) is 12.4. The summed E-state index contributed by atoms with van der Waals surface area (Å²) >= 11 is 3.33. The van der Waals surface area contributed by atoms with E-state index in [1.165, 1.54) is 6.20 Å². The van der Waals surface area contributed by atoms with Gasteiger partial charge < -0.3 is 10.6 Å². The maximum atomic E-state index is 11.0. The van der Waals surface area contributed by atoms with E-state index < -0.39 is 4.92 Å². The molecule has 7 heteroatoms. The number of hydrogen-bond donors (Lipinski definition) is 1. The number of rotatable bonds is 2. The summed E-state index contributed by atoms with van der Waals surface area (Å²) in [7, 11) is 0. The van der Waals surface area contributed by atoms with E-state index in [0.717, 1.165) is 25.9 Å². The molecular weight excluding hydrogens is 288 g/mol. The number of halogens is 1. The van der Waals surface area contributed by atoms with Crippen LogP contribution in [0, 0.1) is 10.1 Å². The highest BCUT2D eigenvalue weighted by Gasteiger charge is 2.25. The number of hydrogen-bond acceptors (Lipinski definition) is 5. The van der Waals surface area contributed by atoms with Gasteiger partial charge in [-0.05, 0) is 28.8 Å². The fourth-order valence-corrected chi connectivity index (χ4v) is 2.56. The summed E-state index contributed by atoms with van der Waals surface area (Å²) in [5.74, 6) is 0. The normalized spacial score (nSPS) is 17.2. The van der Waals surface area contributed by atoms with Crippen molar-refractivity contribution in [1.29, 1.82) is 0 Å². The summed E-state index contributed by atoms with van der Waals surface area (Å²) in [6.45, 7) is 1.48. The van der Waals surface area contributed by atoms with Gasteiger partial charge in [0.25, 0.3) is 0 Å². The lowest BCUT2D eigenvalue weighted by Gasteiger charge is -2.32. The summed E-state index contributed by atoms with van der Waals surface area (Å²) in [4.78, 5) is 16.4.